The second-order valence-electron chi connectivity index (χ2n) is 3.97. The number of benzene rings is 1. The highest BCUT2D eigenvalue weighted by molar-refractivity contribution is 5.25. The van der Waals surface area contributed by atoms with E-state index in [2.05, 4.69) is 24.8 Å². The average molecular weight is 230 g/mol. The van der Waals surface area contributed by atoms with Crippen molar-refractivity contribution in [1.82, 2.24) is 0 Å². The first kappa shape index (κ1) is 12.1. The normalized spacial score (nSPS) is 24.2. The molecule has 90 valence electrons. The molecule has 0 saturated carbocycles. The summed E-state index contributed by atoms with van der Waals surface area (Å²) >= 11 is 0. The van der Waals surface area contributed by atoms with Gasteiger partial charge in [0.1, 0.15) is 0 Å². The van der Waals surface area contributed by atoms with Crippen LogP contribution in [0.2, 0.25) is 0 Å². The predicted octanol–water partition coefficient (Wildman–Crippen LogP) is 3.62. The summed E-state index contributed by atoms with van der Waals surface area (Å²) in [5.41, 5.74) is 2.22. The first-order valence-corrected chi connectivity index (χ1v) is 5.99. The van der Waals surface area contributed by atoms with Crippen molar-refractivity contribution in [2.75, 3.05) is 6.61 Å². The van der Waals surface area contributed by atoms with Crippen molar-refractivity contribution in [3.05, 3.63) is 60.2 Å². The second kappa shape index (κ2) is 5.80. The minimum Gasteiger partial charge on any atom is -0.349 e. The summed E-state index contributed by atoms with van der Waals surface area (Å²) in [6.07, 6.45) is 4.62. The molecule has 0 aliphatic carbocycles. The van der Waals surface area contributed by atoms with Crippen LogP contribution in [0.4, 0.5) is 0 Å². The summed E-state index contributed by atoms with van der Waals surface area (Å²) in [7, 11) is 0. The third-order valence-electron chi connectivity index (χ3n) is 2.85. The van der Waals surface area contributed by atoms with Crippen LogP contribution in [0.15, 0.2) is 54.6 Å². The van der Waals surface area contributed by atoms with Crippen molar-refractivity contribution in [2.45, 2.75) is 25.7 Å². The molecule has 0 fully saturated rings. The minimum absolute atomic E-state index is 0.0800. The Morgan fingerprint density at radius 2 is 2.18 bits per heavy atom. The lowest BCUT2D eigenvalue weighted by Crippen LogP contribution is -2.25. The SMILES string of the molecule is C=CC1=CC[C@@H](c2ccccc2)O[C@@H]1OCC. The van der Waals surface area contributed by atoms with Crippen LogP contribution in [0.5, 0.6) is 0 Å². The van der Waals surface area contributed by atoms with Gasteiger partial charge in [0.25, 0.3) is 0 Å². The van der Waals surface area contributed by atoms with Crippen LogP contribution in [-0.2, 0) is 9.47 Å². The minimum atomic E-state index is -0.281. The molecule has 2 rings (SSSR count). The Morgan fingerprint density at radius 1 is 1.41 bits per heavy atom. The molecular weight excluding hydrogens is 212 g/mol. The molecular formula is C15H18O2. The summed E-state index contributed by atoms with van der Waals surface area (Å²) in [4.78, 5) is 0. The molecule has 2 heteroatoms. The first-order chi connectivity index (χ1) is 8.35. The molecule has 1 aromatic rings. The topological polar surface area (TPSA) is 18.5 Å². The summed E-state index contributed by atoms with van der Waals surface area (Å²) in [6.45, 7) is 6.39. The molecule has 0 amide bonds. The van der Waals surface area contributed by atoms with Crippen LogP contribution in [0, 0.1) is 0 Å². The summed E-state index contributed by atoms with van der Waals surface area (Å²) in [5.74, 6) is 0. The first-order valence-electron chi connectivity index (χ1n) is 5.99. The van der Waals surface area contributed by atoms with Gasteiger partial charge in [0.15, 0.2) is 6.29 Å². The summed E-state index contributed by atoms with van der Waals surface area (Å²) in [5, 5.41) is 0. The molecule has 0 N–H and O–H groups in total. The van der Waals surface area contributed by atoms with E-state index in [1.807, 2.05) is 31.2 Å². The molecule has 1 heterocycles. The highest BCUT2D eigenvalue weighted by atomic mass is 16.7. The smallest absolute Gasteiger partial charge is 0.184 e. The van der Waals surface area contributed by atoms with Gasteiger partial charge in [-0.2, -0.15) is 0 Å². The fraction of sp³-hybridized carbons (Fsp3) is 0.333. The lowest BCUT2D eigenvalue weighted by molar-refractivity contribution is -0.152. The predicted molar refractivity (Wildman–Crippen MR) is 68.6 cm³/mol. The molecule has 1 aliphatic rings. The van der Waals surface area contributed by atoms with Crippen molar-refractivity contribution in [3.8, 4) is 0 Å². The molecule has 17 heavy (non-hydrogen) atoms. The Hall–Kier alpha value is -1.38. The molecule has 0 bridgehead atoms. The van der Waals surface area contributed by atoms with E-state index < -0.39 is 0 Å². The van der Waals surface area contributed by atoms with Crippen LogP contribution in [0.25, 0.3) is 0 Å². The van der Waals surface area contributed by atoms with E-state index >= 15 is 0 Å². The summed E-state index contributed by atoms with van der Waals surface area (Å²) < 4.78 is 11.5. The lowest BCUT2D eigenvalue weighted by atomic mass is 10.0. The van der Waals surface area contributed by atoms with Gasteiger partial charge in [-0.05, 0) is 18.9 Å². The van der Waals surface area contributed by atoms with E-state index in [0.29, 0.717) is 6.61 Å². The van der Waals surface area contributed by atoms with Gasteiger partial charge in [-0.3, -0.25) is 0 Å². The zero-order valence-electron chi connectivity index (χ0n) is 10.1. The van der Waals surface area contributed by atoms with Crippen molar-refractivity contribution < 1.29 is 9.47 Å². The fourth-order valence-corrected chi connectivity index (χ4v) is 1.97. The molecule has 0 unspecified atom stereocenters. The summed E-state index contributed by atoms with van der Waals surface area (Å²) in [6, 6.07) is 10.2. The molecule has 0 saturated heterocycles. The van der Waals surface area contributed by atoms with Gasteiger partial charge in [0, 0.05) is 12.2 Å². The molecule has 0 aromatic heterocycles. The maximum absolute atomic E-state index is 5.95. The van der Waals surface area contributed by atoms with E-state index in [9.17, 15) is 0 Å². The Bertz CT molecular complexity index is 395. The van der Waals surface area contributed by atoms with Crippen molar-refractivity contribution in [2.24, 2.45) is 0 Å². The van der Waals surface area contributed by atoms with Gasteiger partial charge in [0.2, 0.25) is 0 Å². The van der Waals surface area contributed by atoms with Gasteiger partial charge < -0.3 is 9.47 Å². The largest absolute Gasteiger partial charge is 0.349 e. The fourth-order valence-electron chi connectivity index (χ4n) is 1.97. The number of hydrogen-bond acceptors (Lipinski definition) is 2. The third kappa shape index (κ3) is 2.84. The van der Waals surface area contributed by atoms with E-state index in [1.165, 1.54) is 5.56 Å². The van der Waals surface area contributed by atoms with Gasteiger partial charge in [-0.1, -0.05) is 49.1 Å². The van der Waals surface area contributed by atoms with Gasteiger partial charge >= 0.3 is 0 Å². The number of hydrogen-bond donors (Lipinski definition) is 0. The highest BCUT2D eigenvalue weighted by Gasteiger charge is 2.24. The number of rotatable bonds is 4. The maximum Gasteiger partial charge on any atom is 0.184 e. The Morgan fingerprint density at radius 3 is 2.82 bits per heavy atom. The zero-order valence-corrected chi connectivity index (χ0v) is 10.1. The third-order valence-corrected chi connectivity index (χ3v) is 2.85. The van der Waals surface area contributed by atoms with Gasteiger partial charge in [-0.15, -0.1) is 0 Å². The van der Waals surface area contributed by atoms with E-state index in [-0.39, 0.29) is 12.4 Å². The Kier molecular flexibility index (Phi) is 4.13. The van der Waals surface area contributed by atoms with Crippen LogP contribution in [0.1, 0.15) is 25.0 Å². The van der Waals surface area contributed by atoms with E-state index in [4.69, 9.17) is 9.47 Å². The lowest BCUT2D eigenvalue weighted by Gasteiger charge is -2.29. The van der Waals surface area contributed by atoms with E-state index in [0.717, 1.165) is 12.0 Å². The average Bonchev–Trinajstić information content (AvgIpc) is 2.40. The van der Waals surface area contributed by atoms with Crippen LogP contribution in [-0.4, -0.2) is 12.9 Å². The molecule has 1 aromatic carbocycles. The van der Waals surface area contributed by atoms with Gasteiger partial charge in [0.05, 0.1) is 6.10 Å². The highest BCUT2D eigenvalue weighted by Crippen LogP contribution is 2.31. The van der Waals surface area contributed by atoms with Crippen LogP contribution >= 0.6 is 0 Å². The second-order valence-corrected chi connectivity index (χ2v) is 3.97. The van der Waals surface area contributed by atoms with Crippen molar-refractivity contribution >= 4 is 0 Å². The Labute approximate surface area is 103 Å². The molecule has 0 radical (unpaired) electrons. The quantitative estimate of drug-likeness (QED) is 0.786. The molecule has 0 spiro atoms. The van der Waals surface area contributed by atoms with Crippen LogP contribution in [0.3, 0.4) is 0 Å². The van der Waals surface area contributed by atoms with E-state index in [1.54, 1.807) is 0 Å². The maximum atomic E-state index is 5.95. The monoisotopic (exact) mass is 230 g/mol. The molecule has 1 aliphatic heterocycles. The molecule has 2 nitrogen and oxygen atoms in total. The Balaban J connectivity index is 2.14. The van der Waals surface area contributed by atoms with Crippen molar-refractivity contribution in [1.29, 1.82) is 0 Å². The molecule has 2 atom stereocenters. The van der Waals surface area contributed by atoms with Crippen molar-refractivity contribution in [3.63, 3.8) is 0 Å². The van der Waals surface area contributed by atoms with Crippen LogP contribution < -0.4 is 0 Å². The standard InChI is InChI=1S/C15H18O2/c1-3-12-10-11-14(17-15(12)16-4-2)13-8-6-5-7-9-13/h3,5-10,14-15H,1,4,11H2,2H3/t14-,15-/m0/s1. The number of ether oxygens (including phenoxy) is 2. The van der Waals surface area contributed by atoms with Gasteiger partial charge in [-0.25, -0.2) is 0 Å². The zero-order chi connectivity index (χ0) is 12.1.